The van der Waals surface area contributed by atoms with E-state index in [9.17, 15) is 4.21 Å². The number of nitrogens with zero attached hydrogens (tertiary/aromatic N) is 1. The molecule has 6 heteroatoms. The number of hydrogen-bond donors (Lipinski definition) is 2. The van der Waals surface area contributed by atoms with Crippen molar-refractivity contribution < 1.29 is 4.21 Å². The molecule has 1 aliphatic rings. The molecule has 1 saturated carbocycles. The highest BCUT2D eigenvalue weighted by Crippen LogP contribution is 2.43. The van der Waals surface area contributed by atoms with Crippen LogP contribution in [0.4, 0.5) is 0 Å². The Morgan fingerprint density at radius 3 is 2.32 bits per heavy atom. The van der Waals surface area contributed by atoms with Gasteiger partial charge < -0.3 is 10.6 Å². The normalized spacial score (nSPS) is 17.8. The van der Waals surface area contributed by atoms with Crippen molar-refractivity contribution in [3.05, 3.63) is 35.9 Å². The lowest BCUT2D eigenvalue weighted by Crippen LogP contribution is -2.49. The fourth-order valence-electron chi connectivity index (χ4n) is 3.00. The first-order chi connectivity index (χ1) is 11.4. The third-order valence-electron chi connectivity index (χ3n) is 4.78. The van der Waals surface area contributed by atoms with Gasteiger partial charge in [0.1, 0.15) is 0 Å². The Labute approximate surface area is 172 Å². The van der Waals surface area contributed by atoms with Crippen molar-refractivity contribution in [2.45, 2.75) is 50.2 Å². The van der Waals surface area contributed by atoms with Crippen LogP contribution >= 0.6 is 24.0 Å². The third kappa shape index (κ3) is 6.24. The lowest BCUT2D eigenvalue weighted by atomic mass is 9.64. The van der Waals surface area contributed by atoms with E-state index in [2.05, 4.69) is 46.0 Å². The molecule has 1 fully saturated rings. The molecule has 1 unspecified atom stereocenters. The van der Waals surface area contributed by atoms with Crippen molar-refractivity contribution in [3.63, 3.8) is 0 Å². The quantitative estimate of drug-likeness (QED) is 0.375. The number of guanidine groups is 1. The Balaban J connectivity index is 0.00000312. The summed E-state index contributed by atoms with van der Waals surface area (Å²) in [5.41, 5.74) is 1.64. The van der Waals surface area contributed by atoms with E-state index >= 15 is 0 Å². The largest absolute Gasteiger partial charge is 0.356 e. The lowest BCUT2D eigenvalue weighted by Gasteiger charge is -2.43. The molecule has 4 nitrogen and oxygen atoms in total. The Hall–Kier alpha value is -0.630. The van der Waals surface area contributed by atoms with Gasteiger partial charge in [0.25, 0.3) is 0 Å². The summed E-state index contributed by atoms with van der Waals surface area (Å²) in [6.07, 6.45) is 3.72. The Bertz CT molecular complexity index is 580. The first-order valence-corrected chi connectivity index (χ1v) is 10.1. The van der Waals surface area contributed by atoms with Crippen LogP contribution in [-0.4, -0.2) is 40.8 Å². The lowest BCUT2D eigenvalue weighted by molar-refractivity contribution is 0.244. The van der Waals surface area contributed by atoms with Gasteiger partial charge in [0, 0.05) is 46.9 Å². The second kappa shape index (κ2) is 9.90. The molecule has 1 aromatic carbocycles. The SMILES string of the molecule is CN=C(NCCS(=O)C(C)(C)C)NCC1(c2ccccc2)CCC1.I. The molecule has 0 saturated heterocycles. The van der Waals surface area contributed by atoms with E-state index in [4.69, 9.17) is 0 Å². The van der Waals surface area contributed by atoms with Crippen LogP contribution in [0.5, 0.6) is 0 Å². The molecule has 25 heavy (non-hydrogen) atoms. The molecule has 0 amide bonds. The zero-order valence-electron chi connectivity index (χ0n) is 15.8. The van der Waals surface area contributed by atoms with Crippen molar-refractivity contribution in [1.82, 2.24) is 10.6 Å². The summed E-state index contributed by atoms with van der Waals surface area (Å²) in [6.45, 7) is 7.59. The van der Waals surface area contributed by atoms with E-state index in [1.54, 1.807) is 7.05 Å². The number of aliphatic imine (C=N–C) groups is 1. The molecule has 142 valence electrons. The van der Waals surface area contributed by atoms with Gasteiger partial charge in [-0.15, -0.1) is 24.0 Å². The van der Waals surface area contributed by atoms with E-state index in [1.165, 1.54) is 24.8 Å². The topological polar surface area (TPSA) is 53.5 Å². The van der Waals surface area contributed by atoms with Crippen LogP contribution < -0.4 is 10.6 Å². The molecular weight excluding hydrogens is 445 g/mol. The predicted molar refractivity (Wildman–Crippen MR) is 120 cm³/mol. The fraction of sp³-hybridized carbons (Fsp3) is 0.632. The minimum Gasteiger partial charge on any atom is -0.356 e. The van der Waals surface area contributed by atoms with Gasteiger partial charge in [-0.1, -0.05) is 36.8 Å². The van der Waals surface area contributed by atoms with Crippen molar-refractivity contribution in [3.8, 4) is 0 Å². The Kier molecular flexibility index (Phi) is 8.87. The molecule has 1 aliphatic carbocycles. The third-order valence-corrected chi connectivity index (χ3v) is 6.72. The van der Waals surface area contributed by atoms with E-state index < -0.39 is 10.8 Å². The number of hydrogen-bond acceptors (Lipinski definition) is 2. The van der Waals surface area contributed by atoms with Crippen molar-refractivity contribution in [2.24, 2.45) is 4.99 Å². The Morgan fingerprint density at radius 2 is 1.84 bits per heavy atom. The second-order valence-electron chi connectivity index (χ2n) is 7.51. The summed E-state index contributed by atoms with van der Waals surface area (Å²) < 4.78 is 11.9. The van der Waals surface area contributed by atoms with Gasteiger partial charge in [-0.05, 0) is 39.2 Å². The number of halogens is 1. The summed E-state index contributed by atoms with van der Waals surface area (Å²) in [6, 6.07) is 10.8. The van der Waals surface area contributed by atoms with Crippen LogP contribution in [-0.2, 0) is 16.2 Å². The fourth-order valence-corrected chi connectivity index (χ4v) is 3.90. The van der Waals surface area contributed by atoms with Crippen molar-refractivity contribution >= 4 is 40.7 Å². The van der Waals surface area contributed by atoms with Gasteiger partial charge >= 0.3 is 0 Å². The summed E-state index contributed by atoms with van der Waals surface area (Å²) in [5, 5.41) is 6.75. The summed E-state index contributed by atoms with van der Waals surface area (Å²) in [7, 11) is 0.942. The van der Waals surface area contributed by atoms with Gasteiger partial charge in [-0.2, -0.15) is 0 Å². The molecule has 0 radical (unpaired) electrons. The van der Waals surface area contributed by atoms with Gasteiger partial charge in [-0.3, -0.25) is 9.20 Å². The van der Waals surface area contributed by atoms with Crippen LogP contribution in [0, 0.1) is 0 Å². The summed E-state index contributed by atoms with van der Waals surface area (Å²) >= 11 is 0. The van der Waals surface area contributed by atoms with E-state index in [0.29, 0.717) is 12.3 Å². The molecule has 0 heterocycles. The van der Waals surface area contributed by atoms with E-state index in [0.717, 1.165) is 12.5 Å². The standard InChI is InChI=1S/C19H31N3OS.HI/c1-18(2,3)24(23)14-13-21-17(20-4)22-15-19(11-8-12-19)16-9-6-5-7-10-16;/h5-7,9-10H,8,11-15H2,1-4H3,(H2,20,21,22);1H. The van der Waals surface area contributed by atoms with Crippen LogP contribution in [0.1, 0.15) is 45.6 Å². The monoisotopic (exact) mass is 477 g/mol. The molecule has 1 atom stereocenters. The molecule has 0 spiro atoms. The molecule has 0 bridgehead atoms. The van der Waals surface area contributed by atoms with Crippen LogP contribution in [0.25, 0.3) is 0 Å². The van der Waals surface area contributed by atoms with E-state index in [-0.39, 0.29) is 34.1 Å². The number of rotatable bonds is 6. The van der Waals surface area contributed by atoms with Gasteiger partial charge in [0.15, 0.2) is 5.96 Å². The first kappa shape index (κ1) is 22.4. The number of benzene rings is 1. The maximum Gasteiger partial charge on any atom is 0.191 e. The van der Waals surface area contributed by atoms with Gasteiger partial charge in [0.05, 0.1) is 0 Å². The second-order valence-corrected chi connectivity index (χ2v) is 9.84. The maximum absolute atomic E-state index is 12.1. The zero-order valence-corrected chi connectivity index (χ0v) is 18.9. The molecule has 2 N–H and O–H groups in total. The number of nitrogens with one attached hydrogen (secondary N) is 2. The highest BCUT2D eigenvalue weighted by atomic mass is 127. The minimum atomic E-state index is -0.842. The average Bonchev–Trinajstić information content (AvgIpc) is 2.52. The molecule has 0 aliphatic heterocycles. The van der Waals surface area contributed by atoms with Gasteiger partial charge in [0.2, 0.25) is 0 Å². The highest BCUT2D eigenvalue weighted by Gasteiger charge is 2.38. The first-order valence-electron chi connectivity index (χ1n) is 8.76. The molecule has 2 rings (SSSR count). The molecular formula is C19H32IN3OS. The average molecular weight is 477 g/mol. The molecule has 0 aromatic heterocycles. The van der Waals surface area contributed by atoms with Crippen LogP contribution in [0.15, 0.2) is 35.3 Å². The van der Waals surface area contributed by atoms with Gasteiger partial charge in [-0.25, -0.2) is 0 Å². The van der Waals surface area contributed by atoms with Crippen molar-refractivity contribution in [2.75, 3.05) is 25.9 Å². The summed E-state index contributed by atoms with van der Waals surface area (Å²) in [5.74, 6) is 1.43. The minimum absolute atomic E-state index is 0. The Morgan fingerprint density at radius 1 is 1.20 bits per heavy atom. The van der Waals surface area contributed by atoms with Crippen LogP contribution in [0.3, 0.4) is 0 Å². The highest BCUT2D eigenvalue weighted by molar-refractivity contribution is 14.0. The predicted octanol–water partition coefficient (Wildman–Crippen LogP) is 3.44. The zero-order chi connectivity index (χ0) is 17.6. The van der Waals surface area contributed by atoms with Crippen LogP contribution in [0.2, 0.25) is 0 Å². The maximum atomic E-state index is 12.1. The molecule has 1 aromatic rings. The summed E-state index contributed by atoms with van der Waals surface area (Å²) in [4.78, 5) is 4.30. The van der Waals surface area contributed by atoms with Crippen molar-refractivity contribution in [1.29, 1.82) is 0 Å². The van der Waals surface area contributed by atoms with E-state index in [1.807, 2.05) is 20.8 Å². The smallest absolute Gasteiger partial charge is 0.191 e.